The summed E-state index contributed by atoms with van der Waals surface area (Å²) in [5, 5.41) is 0. The van der Waals surface area contributed by atoms with Crippen molar-refractivity contribution in [3.63, 3.8) is 0 Å². The molecule has 2 aromatic rings. The summed E-state index contributed by atoms with van der Waals surface area (Å²) in [5.41, 5.74) is 2.06. The molecule has 0 aliphatic heterocycles. The first kappa shape index (κ1) is 11.4. The highest BCUT2D eigenvalue weighted by atomic mass is 35.5. The number of fused-ring (bicyclic) bond motifs is 1. The van der Waals surface area contributed by atoms with Gasteiger partial charge < -0.3 is 4.57 Å². The van der Waals surface area contributed by atoms with Gasteiger partial charge in [-0.15, -0.1) is 11.6 Å². The van der Waals surface area contributed by atoms with E-state index in [1.165, 1.54) is 0 Å². The van der Waals surface area contributed by atoms with Crippen molar-refractivity contribution in [1.82, 2.24) is 14.5 Å². The highest BCUT2D eigenvalue weighted by molar-refractivity contribution is 6.16. The fourth-order valence-electron chi connectivity index (χ4n) is 1.78. The lowest BCUT2D eigenvalue weighted by Crippen LogP contribution is -2.09. The van der Waals surface area contributed by atoms with E-state index in [0.29, 0.717) is 11.8 Å². The summed E-state index contributed by atoms with van der Waals surface area (Å²) in [6.45, 7) is 5.41. The van der Waals surface area contributed by atoms with Crippen LogP contribution in [0.5, 0.6) is 0 Å². The smallest absolute Gasteiger partial charge is 0.124 e. The summed E-state index contributed by atoms with van der Waals surface area (Å²) in [6, 6.07) is 2.00. The highest BCUT2D eigenvalue weighted by Crippen LogP contribution is 2.18. The van der Waals surface area contributed by atoms with Gasteiger partial charge in [-0.25, -0.2) is 4.98 Å². The Balaban J connectivity index is 2.47. The predicted molar refractivity (Wildman–Crippen MR) is 66.5 cm³/mol. The molecule has 0 aliphatic carbocycles. The van der Waals surface area contributed by atoms with Gasteiger partial charge in [0.2, 0.25) is 0 Å². The summed E-state index contributed by atoms with van der Waals surface area (Å²) in [7, 11) is 0. The Morgan fingerprint density at radius 1 is 1.50 bits per heavy atom. The predicted octanol–water partition coefficient (Wildman–Crippen LogP) is 3.22. The maximum Gasteiger partial charge on any atom is 0.124 e. The molecule has 0 spiro atoms. The van der Waals surface area contributed by atoms with E-state index in [9.17, 15) is 0 Å². The van der Waals surface area contributed by atoms with Crippen molar-refractivity contribution in [3.8, 4) is 0 Å². The summed E-state index contributed by atoms with van der Waals surface area (Å²) < 4.78 is 2.21. The monoisotopic (exact) mass is 237 g/mol. The van der Waals surface area contributed by atoms with Crippen LogP contribution < -0.4 is 0 Å². The van der Waals surface area contributed by atoms with Crippen molar-refractivity contribution in [3.05, 3.63) is 24.3 Å². The van der Waals surface area contributed by atoms with Gasteiger partial charge in [0.1, 0.15) is 11.3 Å². The fourth-order valence-corrected chi connectivity index (χ4v) is 1.98. The molecule has 0 bridgehead atoms. The van der Waals surface area contributed by atoms with Crippen LogP contribution in [0.25, 0.3) is 11.0 Å². The van der Waals surface area contributed by atoms with Crippen LogP contribution >= 0.6 is 11.6 Å². The normalized spacial score (nSPS) is 13.2. The van der Waals surface area contributed by atoms with E-state index in [2.05, 4.69) is 28.4 Å². The molecule has 1 unspecified atom stereocenters. The second-order valence-electron chi connectivity index (χ2n) is 4.15. The largest absolute Gasteiger partial charge is 0.327 e. The number of halogens is 1. The van der Waals surface area contributed by atoms with Crippen LogP contribution in [-0.4, -0.2) is 14.5 Å². The lowest BCUT2D eigenvalue weighted by molar-refractivity contribution is 0.469. The van der Waals surface area contributed by atoms with E-state index >= 15 is 0 Å². The van der Waals surface area contributed by atoms with Gasteiger partial charge in [0.05, 0.1) is 17.6 Å². The zero-order valence-corrected chi connectivity index (χ0v) is 10.4. The molecule has 4 heteroatoms. The number of hydrogen-bond acceptors (Lipinski definition) is 2. The van der Waals surface area contributed by atoms with E-state index < -0.39 is 0 Å². The molecule has 1 atom stereocenters. The topological polar surface area (TPSA) is 30.7 Å². The molecule has 0 N–H and O–H groups in total. The van der Waals surface area contributed by atoms with Crippen LogP contribution in [-0.2, 0) is 12.4 Å². The third-order valence-electron chi connectivity index (χ3n) is 2.94. The molecule has 3 nitrogen and oxygen atoms in total. The lowest BCUT2D eigenvalue weighted by Gasteiger charge is -2.12. The molecule has 86 valence electrons. The summed E-state index contributed by atoms with van der Waals surface area (Å²) in [4.78, 5) is 8.57. The van der Waals surface area contributed by atoms with E-state index in [0.717, 1.165) is 29.8 Å². The molecule has 2 rings (SSSR count). The van der Waals surface area contributed by atoms with Gasteiger partial charge in [-0.05, 0) is 12.0 Å². The molecule has 16 heavy (non-hydrogen) atoms. The molecule has 2 heterocycles. The van der Waals surface area contributed by atoms with Gasteiger partial charge in [0, 0.05) is 12.7 Å². The summed E-state index contributed by atoms with van der Waals surface area (Å²) >= 11 is 5.93. The van der Waals surface area contributed by atoms with Crippen molar-refractivity contribution in [2.24, 2.45) is 5.92 Å². The molecule has 0 saturated heterocycles. The van der Waals surface area contributed by atoms with Crippen LogP contribution in [0.2, 0.25) is 0 Å². The molecule has 0 saturated carbocycles. The van der Waals surface area contributed by atoms with Gasteiger partial charge >= 0.3 is 0 Å². The van der Waals surface area contributed by atoms with Crippen molar-refractivity contribution in [2.75, 3.05) is 0 Å². The molecule has 0 fully saturated rings. The number of aromatic nitrogens is 3. The van der Waals surface area contributed by atoms with Crippen LogP contribution in [0.4, 0.5) is 0 Å². The second kappa shape index (κ2) is 4.83. The lowest BCUT2D eigenvalue weighted by atomic mass is 10.1. The quantitative estimate of drug-likeness (QED) is 0.765. The zero-order valence-electron chi connectivity index (χ0n) is 9.65. The highest BCUT2D eigenvalue weighted by Gasteiger charge is 2.11. The standard InChI is InChI=1S/C12H16ClN3/c1-3-9(2)8-16-11-4-5-14-7-10(11)15-12(16)6-13/h4-5,7,9H,3,6,8H2,1-2H3. The van der Waals surface area contributed by atoms with Crippen molar-refractivity contribution in [1.29, 1.82) is 0 Å². The Kier molecular flexibility index (Phi) is 3.44. The Morgan fingerprint density at radius 3 is 3.00 bits per heavy atom. The minimum absolute atomic E-state index is 0.450. The number of rotatable bonds is 4. The Morgan fingerprint density at radius 2 is 2.31 bits per heavy atom. The van der Waals surface area contributed by atoms with Crippen LogP contribution in [0.3, 0.4) is 0 Å². The van der Waals surface area contributed by atoms with Crippen LogP contribution in [0.1, 0.15) is 26.1 Å². The maximum atomic E-state index is 5.93. The van der Waals surface area contributed by atoms with Crippen molar-refractivity contribution < 1.29 is 0 Å². The number of alkyl halides is 1. The average Bonchev–Trinajstić information content (AvgIpc) is 2.67. The second-order valence-corrected chi connectivity index (χ2v) is 4.42. The van der Waals surface area contributed by atoms with Gasteiger partial charge in [0.15, 0.2) is 0 Å². The van der Waals surface area contributed by atoms with Crippen LogP contribution in [0, 0.1) is 5.92 Å². The molecule has 0 aromatic carbocycles. The average molecular weight is 238 g/mol. The number of hydrogen-bond donors (Lipinski definition) is 0. The Hall–Kier alpha value is -1.09. The summed E-state index contributed by atoms with van der Waals surface area (Å²) in [5.74, 6) is 2.02. The summed E-state index contributed by atoms with van der Waals surface area (Å²) in [6.07, 6.45) is 4.75. The van der Waals surface area contributed by atoms with E-state index in [1.54, 1.807) is 12.4 Å². The molecule has 0 aliphatic rings. The van der Waals surface area contributed by atoms with E-state index in [1.807, 2.05) is 6.07 Å². The minimum Gasteiger partial charge on any atom is -0.327 e. The maximum absolute atomic E-state index is 5.93. The van der Waals surface area contributed by atoms with Gasteiger partial charge in [-0.3, -0.25) is 4.98 Å². The fraction of sp³-hybridized carbons (Fsp3) is 0.500. The SMILES string of the molecule is CCC(C)Cn1c(CCl)nc2cnccc21. The Bertz CT molecular complexity index is 478. The molecular weight excluding hydrogens is 222 g/mol. The van der Waals surface area contributed by atoms with Gasteiger partial charge in [0.25, 0.3) is 0 Å². The third kappa shape index (κ3) is 2.05. The minimum atomic E-state index is 0.450. The first-order valence-corrected chi connectivity index (χ1v) is 6.14. The van der Waals surface area contributed by atoms with E-state index in [-0.39, 0.29) is 0 Å². The van der Waals surface area contributed by atoms with Gasteiger partial charge in [-0.1, -0.05) is 20.3 Å². The van der Waals surface area contributed by atoms with E-state index in [4.69, 9.17) is 11.6 Å². The van der Waals surface area contributed by atoms with Gasteiger partial charge in [-0.2, -0.15) is 0 Å². The Labute approximate surface area is 100 Å². The zero-order chi connectivity index (χ0) is 11.5. The molecule has 0 amide bonds. The number of nitrogens with zero attached hydrogens (tertiary/aromatic N) is 3. The van der Waals surface area contributed by atoms with Crippen LogP contribution in [0.15, 0.2) is 18.5 Å². The molecule has 0 radical (unpaired) electrons. The number of imidazole rings is 1. The first-order valence-electron chi connectivity index (χ1n) is 5.61. The first-order chi connectivity index (χ1) is 7.76. The molecular formula is C12H16ClN3. The van der Waals surface area contributed by atoms with Crippen molar-refractivity contribution in [2.45, 2.75) is 32.7 Å². The third-order valence-corrected chi connectivity index (χ3v) is 3.18. The van der Waals surface area contributed by atoms with Crippen molar-refractivity contribution >= 4 is 22.6 Å². The number of pyridine rings is 1. The molecule has 2 aromatic heterocycles.